The van der Waals surface area contributed by atoms with Gasteiger partial charge in [-0.2, -0.15) is 0 Å². The maximum absolute atomic E-state index is 12.2. The second-order valence-corrected chi connectivity index (χ2v) is 17.0. The summed E-state index contributed by atoms with van der Waals surface area (Å²) in [6.45, 7) is 3.12. The van der Waals surface area contributed by atoms with E-state index in [1.54, 1.807) is 38.1 Å². The minimum Gasteiger partial charge on any atom is -0.451 e. The van der Waals surface area contributed by atoms with Crippen molar-refractivity contribution in [1.29, 1.82) is 0 Å². The molecule has 0 radical (unpaired) electrons. The van der Waals surface area contributed by atoms with Gasteiger partial charge in [0.05, 0.1) is 11.4 Å². The number of hydrogen-bond donors (Lipinski definition) is 2. The highest BCUT2D eigenvalue weighted by Gasteiger charge is 2.56. The first-order valence-electron chi connectivity index (χ1n) is 18.4. The van der Waals surface area contributed by atoms with Crippen LogP contribution in [0.1, 0.15) is 123 Å². The monoisotopic (exact) mass is 644 g/mol. The number of Topliss-reactive ketones (excluding diaryl/α,β-unsaturated/α-hetero) is 2. The summed E-state index contributed by atoms with van der Waals surface area (Å²) in [6.07, 6.45) is 15.2. The summed E-state index contributed by atoms with van der Waals surface area (Å²) < 4.78 is 14.2. The number of benzene rings is 3. The van der Waals surface area contributed by atoms with Gasteiger partial charge in [0.2, 0.25) is 0 Å². The Morgan fingerprint density at radius 2 is 0.854 bits per heavy atom. The Labute approximate surface area is 283 Å². The quantitative estimate of drug-likeness (QED) is 0.187. The van der Waals surface area contributed by atoms with Crippen LogP contribution in [-0.4, -0.2) is 11.6 Å². The molecule has 6 heteroatoms. The van der Waals surface area contributed by atoms with Gasteiger partial charge in [0, 0.05) is 22.3 Å². The molecule has 0 saturated heterocycles. The number of anilines is 2. The molecular weight excluding hydrogens is 596 g/mol. The van der Waals surface area contributed by atoms with E-state index in [2.05, 4.69) is 12.1 Å². The number of nitrogens with two attached hydrogens (primary N) is 2. The summed E-state index contributed by atoms with van der Waals surface area (Å²) in [7, 11) is 0. The smallest absolute Gasteiger partial charge is 0.174 e. The van der Waals surface area contributed by atoms with Crippen molar-refractivity contribution in [3.63, 3.8) is 0 Å². The van der Waals surface area contributed by atoms with Gasteiger partial charge in [-0.05, 0) is 174 Å². The zero-order valence-electron chi connectivity index (χ0n) is 28.4. The number of nitrogen functional groups attached to an aromatic ring is 2. The van der Waals surface area contributed by atoms with Crippen LogP contribution in [-0.2, 0) is 10.8 Å². The molecule has 0 amide bonds. The fourth-order valence-electron chi connectivity index (χ4n) is 12.4. The van der Waals surface area contributed by atoms with Gasteiger partial charge < -0.3 is 20.9 Å². The van der Waals surface area contributed by atoms with Crippen molar-refractivity contribution in [3.05, 3.63) is 70.8 Å². The number of carbonyl (C=O) groups is 2. The molecule has 6 nitrogen and oxygen atoms in total. The lowest BCUT2D eigenvalue weighted by Gasteiger charge is -2.58. The molecular formula is C42H48N2O4. The molecule has 8 aliphatic carbocycles. The summed E-state index contributed by atoms with van der Waals surface area (Å²) >= 11 is 0. The second kappa shape index (κ2) is 10.9. The van der Waals surface area contributed by atoms with Crippen LogP contribution >= 0.6 is 0 Å². The summed E-state index contributed by atoms with van der Waals surface area (Å²) in [5.41, 5.74) is 17.8. The predicted octanol–water partition coefficient (Wildman–Crippen LogP) is 9.78. The van der Waals surface area contributed by atoms with E-state index in [-0.39, 0.29) is 22.4 Å². The van der Waals surface area contributed by atoms with E-state index in [9.17, 15) is 9.59 Å². The van der Waals surface area contributed by atoms with Gasteiger partial charge in [0.15, 0.2) is 34.6 Å². The van der Waals surface area contributed by atoms with Crippen molar-refractivity contribution in [3.8, 4) is 23.0 Å². The Kier molecular flexibility index (Phi) is 6.84. The molecule has 0 aromatic heterocycles. The average molecular weight is 645 g/mol. The molecule has 4 N–H and O–H groups in total. The van der Waals surface area contributed by atoms with Gasteiger partial charge in [0.25, 0.3) is 0 Å². The maximum Gasteiger partial charge on any atom is 0.174 e. The topological polar surface area (TPSA) is 105 Å². The lowest BCUT2D eigenvalue weighted by molar-refractivity contribution is -0.00832. The van der Waals surface area contributed by atoms with Crippen LogP contribution in [0.2, 0.25) is 0 Å². The van der Waals surface area contributed by atoms with Crippen LogP contribution in [0.4, 0.5) is 11.4 Å². The average Bonchev–Trinajstić information content (AvgIpc) is 3.02. The normalized spacial score (nSPS) is 34.0. The minimum absolute atomic E-state index is 0.0279. The Balaban J connectivity index is 1.26. The van der Waals surface area contributed by atoms with E-state index < -0.39 is 0 Å². The highest BCUT2D eigenvalue weighted by molar-refractivity contribution is 5.96. The maximum atomic E-state index is 12.2. The van der Waals surface area contributed by atoms with E-state index in [4.69, 9.17) is 20.9 Å². The third kappa shape index (κ3) is 4.88. The van der Waals surface area contributed by atoms with Gasteiger partial charge in [-0.1, -0.05) is 12.1 Å². The molecule has 250 valence electrons. The van der Waals surface area contributed by atoms with Crippen molar-refractivity contribution in [2.24, 2.45) is 35.5 Å². The minimum atomic E-state index is -0.0279. The molecule has 8 aliphatic rings. The molecule has 0 atom stereocenters. The molecule has 8 saturated carbocycles. The molecule has 8 fully saturated rings. The number of ketones is 2. The van der Waals surface area contributed by atoms with Crippen LogP contribution in [0.3, 0.4) is 0 Å². The van der Waals surface area contributed by atoms with Crippen molar-refractivity contribution in [1.82, 2.24) is 0 Å². The summed E-state index contributed by atoms with van der Waals surface area (Å²) in [5.74, 6) is 7.09. The van der Waals surface area contributed by atoms with Crippen LogP contribution in [0.5, 0.6) is 23.0 Å². The SMILES string of the molecule is CC(=O)c1ccc(Oc2c(C34CC5CC(CC(C5)C3)C4)ccc(C34CC5CC(CC(C5)C3)C4)c2Oc2ccc(C(C)=O)cc2N)c(N)c1. The zero-order chi connectivity index (χ0) is 32.9. The lowest BCUT2D eigenvalue weighted by atomic mass is 9.47. The van der Waals surface area contributed by atoms with Gasteiger partial charge in [0.1, 0.15) is 0 Å². The van der Waals surface area contributed by atoms with Gasteiger partial charge in [-0.3, -0.25) is 9.59 Å². The molecule has 3 aromatic rings. The van der Waals surface area contributed by atoms with E-state index in [0.717, 1.165) is 47.0 Å². The highest BCUT2D eigenvalue weighted by atomic mass is 16.5. The number of ether oxygens (including phenoxy) is 2. The van der Waals surface area contributed by atoms with Gasteiger partial charge in [-0.25, -0.2) is 0 Å². The second-order valence-electron chi connectivity index (χ2n) is 17.0. The molecule has 0 unspecified atom stereocenters. The van der Waals surface area contributed by atoms with Gasteiger partial charge in [-0.15, -0.1) is 0 Å². The highest BCUT2D eigenvalue weighted by Crippen LogP contribution is 2.66. The third-order valence-corrected chi connectivity index (χ3v) is 13.6. The van der Waals surface area contributed by atoms with Crippen LogP contribution in [0.15, 0.2) is 48.5 Å². The van der Waals surface area contributed by atoms with E-state index >= 15 is 0 Å². The van der Waals surface area contributed by atoms with E-state index in [0.29, 0.717) is 34.0 Å². The number of carbonyl (C=O) groups excluding carboxylic acids is 2. The zero-order valence-corrected chi connectivity index (χ0v) is 28.4. The van der Waals surface area contributed by atoms with Crippen LogP contribution in [0.25, 0.3) is 0 Å². The largest absolute Gasteiger partial charge is 0.451 e. The fourth-order valence-corrected chi connectivity index (χ4v) is 12.4. The Morgan fingerprint density at radius 3 is 1.12 bits per heavy atom. The summed E-state index contributed by atoms with van der Waals surface area (Å²) in [6, 6.07) is 15.6. The van der Waals surface area contributed by atoms with Crippen molar-refractivity contribution >= 4 is 22.9 Å². The summed E-state index contributed by atoms with van der Waals surface area (Å²) in [5, 5.41) is 0. The van der Waals surface area contributed by atoms with Crippen molar-refractivity contribution < 1.29 is 19.1 Å². The van der Waals surface area contributed by atoms with E-state index in [1.807, 2.05) is 12.1 Å². The summed E-state index contributed by atoms with van der Waals surface area (Å²) in [4.78, 5) is 24.5. The molecule has 48 heavy (non-hydrogen) atoms. The standard InChI is InChI=1S/C42H48N2O4/c1-23(45)31-3-7-37(35(43)15-31)47-39-33(41-17-25-9-26(18-41)11-27(10-25)19-41)5-6-34(42-20-28-12-29(21-42)14-30(13-28)22-42)40(39)48-38-8-4-32(24(2)46)16-36(38)44/h3-8,15-16,25-30H,9-14,17-22,43-44H2,1-2H3. The molecule has 0 aliphatic heterocycles. The molecule has 0 spiro atoms. The van der Waals surface area contributed by atoms with Crippen LogP contribution in [0, 0.1) is 35.5 Å². The predicted molar refractivity (Wildman–Crippen MR) is 188 cm³/mol. The number of rotatable bonds is 8. The van der Waals surface area contributed by atoms with Crippen molar-refractivity contribution in [2.75, 3.05) is 11.5 Å². The lowest BCUT2D eigenvalue weighted by Crippen LogP contribution is -2.49. The molecule has 0 heterocycles. The fraction of sp³-hybridized carbons (Fsp3) is 0.524. The van der Waals surface area contributed by atoms with Crippen molar-refractivity contribution in [2.45, 2.75) is 102 Å². The number of hydrogen-bond acceptors (Lipinski definition) is 6. The van der Waals surface area contributed by atoms with Gasteiger partial charge >= 0.3 is 0 Å². The third-order valence-electron chi connectivity index (χ3n) is 13.6. The van der Waals surface area contributed by atoms with Crippen LogP contribution < -0.4 is 20.9 Å². The Bertz CT molecular complexity index is 1640. The Morgan fingerprint density at radius 1 is 0.542 bits per heavy atom. The molecule has 3 aromatic carbocycles. The Hall–Kier alpha value is -3.80. The first kappa shape index (κ1) is 30.3. The molecule has 8 bridgehead atoms. The molecule has 11 rings (SSSR count). The van der Waals surface area contributed by atoms with E-state index in [1.165, 1.54) is 88.2 Å². The first-order valence-corrected chi connectivity index (χ1v) is 18.4. The first-order chi connectivity index (χ1) is 23.1.